The maximum atomic E-state index is 11.9. The Morgan fingerprint density at radius 2 is 2.19 bits per heavy atom. The normalized spacial score (nSPS) is 11.5. The minimum absolute atomic E-state index is 0.171. The molecule has 1 heterocycles. The molecule has 0 spiro atoms. The van der Waals surface area contributed by atoms with Gasteiger partial charge in [-0.1, -0.05) is 6.92 Å². The first kappa shape index (κ1) is 12.5. The van der Waals surface area contributed by atoms with E-state index in [4.69, 9.17) is 0 Å². The lowest BCUT2D eigenvalue weighted by atomic mass is 10.4. The van der Waals surface area contributed by atoms with Crippen LogP contribution in [0.25, 0.3) is 0 Å². The average molecular weight is 235 g/mol. The van der Waals surface area contributed by atoms with Crippen LogP contribution in [-0.2, 0) is 6.42 Å². The topological polar surface area (TPSA) is 57.8 Å². The van der Waals surface area contributed by atoms with Crippen molar-refractivity contribution in [3.63, 3.8) is 0 Å². The zero-order chi connectivity index (χ0) is 12.2. The van der Waals surface area contributed by atoms with Crippen molar-refractivity contribution in [1.29, 1.82) is 0 Å². The second-order valence-corrected chi connectivity index (χ2v) is 3.22. The van der Waals surface area contributed by atoms with Crippen LogP contribution in [0.5, 0.6) is 0 Å². The lowest BCUT2D eigenvalue weighted by Crippen LogP contribution is -2.18. The van der Waals surface area contributed by atoms with E-state index in [-0.39, 0.29) is 17.9 Å². The summed E-state index contributed by atoms with van der Waals surface area (Å²) in [4.78, 5) is 17.5. The molecule has 0 amide bonds. The molecule has 1 aromatic heterocycles. The fraction of sp³-hybridized carbons (Fsp3) is 0.556. The van der Waals surface area contributed by atoms with Crippen LogP contribution >= 0.6 is 0 Å². The fourth-order valence-corrected chi connectivity index (χ4v) is 1.10. The smallest absolute Gasteiger partial charge is 0.370 e. The largest absolute Gasteiger partial charge is 0.390 e. The third-order valence-corrected chi connectivity index (χ3v) is 1.84. The SMILES string of the molecule is CCc1nc(NCCC(F)(F)F)cc(=O)[nH]1. The van der Waals surface area contributed by atoms with E-state index in [9.17, 15) is 18.0 Å². The summed E-state index contributed by atoms with van der Waals surface area (Å²) < 4.78 is 35.6. The van der Waals surface area contributed by atoms with Crippen molar-refractivity contribution in [2.75, 3.05) is 11.9 Å². The highest BCUT2D eigenvalue weighted by atomic mass is 19.4. The van der Waals surface area contributed by atoms with Crippen LogP contribution in [0.1, 0.15) is 19.2 Å². The monoisotopic (exact) mass is 235 g/mol. The Hall–Kier alpha value is -1.53. The number of aromatic nitrogens is 2. The van der Waals surface area contributed by atoms with E-state index >= 15 is 0 Å². The van der Waals surface area contributed by atoms with Crippen molar-refractivity contribution in [3.8, 4) is 0 Å². The molecule has 90 valence electrons. The molecule has 0 unspecified atom stereocenters. The van der Waals surface area contributed by atoms with Gasteiger partial charge in [-0.2, -0.15) is 13.2 Å². The van der Waals surface area contributed by atoms with Crippen LogP contribution < -0.4 is 10.9 Å². The standard InChI is InChI=1S/C9H12F3N3O/c1-2-6-14-7(5-8(16)15-6)13-4-3-9(10,11)12/h5H,2-4H2,1H3,(H2,13,14,15,16). The highest BCUT2D eigenvalue weighted by Crippen LogP contribution is 2.18. The highest BCUT2D eigenvalue weighted by molar-refractivity contribution is 5.32. The Morgan fingerprint density at radius 1 is 1.50 bits per heavy atom. The molecule has 0 atom stereocenters. The van der Waals surface area contributed by atoms with Crippen LogP contribution in [0.3, 0.4) is 0 Å². The van der Waals surface area contributed by atoms with Gasteiger partial charge in [0.25, 0.3) is 5.56 Å². The molecule has 0 saturated heterocycles. The second kappa shape index (κ2) is 5.00. The van der Waals surface area contributed by atoms with Crippen molar-refractivity contribution in [2.45, 2.75) is 25.9 Å². The molecule has 2 N–H and O–H groups in total. The van der Waals surface area contributed by atoms with E-state index in [1.807, 2.05) is 0 Å². The van der Waals surface area contributed by atoms with Crippen LogP contribution in [0.15, 0.2) is 10.9 Å². The number of aromatic amines is 1. The number of halogens is 3. The molecule has 0 aliphatic rings. The Morgan fingerprint density at radius 3 is 2.75 bits per heavy atom. The quantitative estimate of drug-likeness (QED) is 0.835. The molecule has 7 heteroatoms. The van der Waals surface area contributed by atoms with E-state index in [1.54, 1.807) is 6.92 Å². The number of anilines is 1. The molecule has 0 aliphatic heterocycles. The molecule has 0 radical (unpaired) electrons. The van der Waals surface area contributed by atoms with Crippen molar-refractivity contribution in [1.82, 2.24) is 9.97 Å². The number of nitrogens with one attached hydrogen (secondary N) is 2. The number of aryl methyl sites for hydroxylation is 1. The van der Waals surface area contributed by atoms with Gasteiger partial charge < -0.3 is 10.3 Å². The summed E-state index contributed by atoms with van der Waals surface area (Å²) in [6.07, 6.45) is -4.64. The maximum absolute atomic E-state index is 11.9. The zero-order valence-electron chi connectivity index (χ0n) is 8.69. The molecule has 0 saturated carbocycles. The summed E-state index contributed by atoms with van der Waals surface area (Å²) in [5, 5.41) is 2.47. The first-order chi connectivity index (χ1) is 7.40. The molecular weight excluding hydrogens is 223 g/mol. The van der Waals surface area contributed by atoms with Crippen molar-refractivity contribution >= 4 is 5.82 Å². The summed E-state index contributed by atoms with van der Waals surface area (Å²) in [6.45, 7) is 1.50. The Balaban J connectivity index is 2.60. The molecule has 16 heavy (non-hydrogen) atoms. The number of hydrogen-bond donors (Lipinski definition) is 2. The maximum Gasteiger partial charge on any atom is 0.390 e. The van der Waals surface area contributed by atoms with Gasteiger partial charge in [0.15, 0.2) is 0 Å². The van der Waals surface area contributed by atoms with Gasteiger partial charge in [-0.15, -0.1) is 0 Å². The summed E-state index contributed by atoms with van der Waals surface area (Å²) in [7, 11) is 0. The zero-order valence-corrected chi connectivity index (χ0v) is 8.69. The van der Waals surface area contributed by atoms with E-state index in [0.717, 1.165) is 6.07 Å². The lowest BCUT2D eigenvalue weighted by molar-refractivity contribution is -0.131. The molecule has 0 aromatic carbocycles. The number of rotatable bonds is 4. The molecule has 0 fully saturated rings. The van der Waals surface area contributed by atoms with Crippen LogP contribution in [0.4, 0.5) is 19.0 Å². The molecule has 1 aromatic rings. The average Bonchev–Trinajstić information content (AvgIpc) is 2.14. The van der Waals surface area contributed by atoms with Gasteiger partial charge in [-0.05, 0) is 0 Å². The van der Waals surface area contributed by atoms with Gasteiger partial charge in [-0.25, -0.2) is 4.98 Å². The van der Waals surface area contributed by atoms with Crippen LogP contribution in [-0.4, -0.2) is 22.7 Å². The van der Waals surface area contributed by atoms with Gasteiger partial charge in [0.05, 0.1) is 6.42 Å². The van der Waals surface area contributed by atoms with Gasteiger partial charge in [0.1, 0.15) is 11.6 Å². The highest BCUT2D eigenvalue weighted by Gasteiger charge is 2.26. The molecule has 0 bridgehead atoms. The van der Waals surface area contributed by atoms with Crippen LogP contribution in [0.2, 0.25) is 0 Å². The van der Waals surface area contributed by atoms with E-state index in [2.05, 4.69) is 15.3 Å². The number of hydrogen-bond acceptors (Lipinski definition) is 3. The summed E-state index contributed by atoms with van der Waals surface area (Å²) >= 11 is 0. The molecule has 0 aliphatic carbocycles. The fourth-order valence-electron chi connectivity index (χ4n) is 1.10. The van der Waals surface area contributed by atoms with Gasteiger partial charge in [-0.3, -0.25) is 4.79 Å². The molecule has 1 rings (SSSR count). The third-order valence-electron chi connectivity index (χ3n) is 1.84. The van der Waals surface area contributed by atoms with Crippen molar-refractivity contribution in [2.24, 2.45) is 0 Å². The van der Waals surface area contributed by atoms with E-state index < -0.39 is 12.6 Å². The van der Waals surface area contributed by atoms with Gasteiger partial charge in [0, 0.05) is 19.0 Å². The van der Waals surface area contributed by atoms with Gasteiger partial charge in [0.2, 0.25) is 0 Å². The predicted octanol–water partition coefficient (Wildman–Crippen LogP) is 1.70. The molecular formula is C9H12F3N3O. The van der Waals surface area contributed by atoms with Gasteiger partial charge >= 0.3 is 6.18 Å². The molecule has 4 nitrogen and oxygen atoms in total. The number of nitrogens with zero attached hydrogens (tertiary/aromatic N) is 1. The minimum Gasteiger partial charge on any atom is -0.370 e. The Kier molecular flexibility index (Phi) is 3.92. The summed E-state index contributed by atoms with van der Waals surface area (Å²) in [5.74, 6) is 0.617. The first-order valence-corrected chi connectivity index (χ1v) is 4.81. The van der Waals surface area contributed by atoms with E-state index in [1.165, 1.54) is 0 Å². The van der Waals surface area contributed by atoms with E-state index in [0.29, 0.717) is 12.2 Å². The second-order valence-electron chi connectivity index (χ2n) is 3.22. The summed E-state index contributed by atoms with van der Waals surface area (Å²) in [5.41, 5.74) is -0.374. The number of H-pyrrole nitrogens is 1. The van der Waals surface area contributed by atoms with Crippen LogP contribution in [0, 0.1) is 0 Å². The minimum atomic E-state index is -4.21. The van der Waals surface area contributed by atoms with Crippen molar-refractivity contribution in [3.05, 3.63) is 22.2 Å². The number of alkyl halides is 3. The Bertz CT molecular complexity index is 400. The predicted molar refractivity (Wildman–Crippen MR) is 53.4 cm³/mol. The summed E-state index contributed by atoms with van der Waals surface area (Å²) in [6, 6.07) is 1.13. The lowest BCUT2D eigenvalue weighted by Gasteiger charge is -2.08. The van der Waals surface area contributed by atoms with Crippen molar-refractivity contribution < 1.29 is 13.2 Å². The third kappa shape index (κ3) is 4.33. The Labute approximate surface area is 89.9 Å². The first-order valence-electron chi connectivity index (χ1n) is 4.81.